The van der Waals surface area contributed by atoms with Crippen LogP contribution in [0.5, 0.6) is 0 Å². The summed E-state index contributed by atoms with van der Waals surface area (Å²) in [5.41, 5.74) is 3.99. The van der Waals surface area contributed by atoms with E-state index >= 15 is 0 Å². The number of carboxylic acid groups (broad SMARTS) is 1. The van der Waals surface area contributed by atoms with Gasteiger partial charge in [0.25, 0.3) is 0 Å². The number of benzene rings is 1. The van der Waals surface area contributed by atoms with Crippen molar-refractivity contribution in [2.45, 2.75) is 33.1 Å². The predicted octanol–water partition coefficient (Wildman–Crippen LogP) is 2.03. The number of carbonyl (C=O) groups is 1. The minimum absolute atomic E-state index is 0.357. The van der Waals surface area contributed by atoms with Gasteiger partial charge in [0, 0.05) is 16.6 Å². The number of pyridine rings is 1. The highest BCUT2D eigenvalue weighted by Gasteiger charge is 2.22. The summed E-state index contributed by atoms with van der Waals surface area (Å²) >= 11 is 0. The lowest BCUT2D eigenvalue weighted by molar-refractivity contribution is -0.254. The summed E-state index contributed by atoms with van der Waals surface area (Å²) in [5.74, 6) is -0.571. The number of hydrogen-bond acceptors (Lipinski definition) is 3. The number of aryl methyl sites for hydroxylation is 2. The van der Waals surface area contributed by atoms with E-state index in [2.05, 4.69) is 11.9 Å². The van der Waals surface area contributed by atoms with Crippen molar-refractivity contribution in [1.29, 1.82) is 0 Å². The highest BCUT2D eigenvalue weighted by atomic mass is 16.4. The molecule has 1 atom stereocenters. The molecule has 1 aliphatic rings. The second kappa shape index (κ2) is 4.34. The van der Waals surface area contributed by atoms with Crippen molar-refractivity contribution < 1.29 is 9.90 Å². The van der Waals surface area contributed by atoms with Crippen LogP contribution in [0.1, 0.15) is 40.5 Å². The van der Waals surface area contributed by atoms with E-state index in [4.69, 9.17) is 0 Å². The third-order valence-electron chi connectivity index (χ3n) is 3.96. The highest BCUT2D eigenvalue weighted by Crippen LogP contribution is 2.31. The molecule has 0 radical (unpaired) electrons. The van der Waals surface area contributed by atoms with Crippen LogP contribution >= 0.6 is 0 Å². The molecule has 1 aliphatic carbocycles. The van der Waals surface area contributed by atoms with Crippen molar-refractivity contribution in [3.8, 4) is 0 Å². The second-order valence-electron chi connectivity index (χ2n) is 5.57. The SMILES string of the molecule is Cc1ccc2nc3c(c(C(=O)[O-])c2c1)C[C@H](C)CC3. The molecule has 0 saturated heterocycles. The molecule has 0 aliphatic heterocycles. The lowest BCUT2D eigenvalue weighted by Gasteiger charge is -2.25. The van der Waals surface area contributed by atoms with Gasteiger partial charge < -0.3 is 9.90 Å². The van der Waals surface area contributed by atoms with Crippen LogP contribution in [0.25, 0.3) is 10.9 Å². The van der Waals surface area contributed by atoms with E-state index in [0.717, 1.165) is 41.6 Å². The highest BCUT2D eigenvalue weighted by molar-refractivity contribution is 6.03. The number of hydrogen-bond donors (Lipinski definition) is 0. The summed E-state index contributed by atoms with van der Waals surface area (Å²) in [4.78, 5) is 16.2. The van der Waals surface area contributed by atoms with Crippen molar-refractivity contribution in [2.75, 3.05) is 0 Å². The fraction of sp³-hybridized carbons (Fsp3) is 0.375. The van der Waals surface area contributed by atoms with E-state index in [9.17, 15) is 9.90 Å². The van der Waals surface area contributed by atoms with E-state index in [0.29, 0.717) is 16.9 Å². The minimum Gasteiger partial charge on any atom is -0.545 e. The smallest absolute Gasteiger partial charge is 0.0725 e. The summed E-state index contributed by atoms with van der Waals surface area (Å²) in [5, 5.41) is 12.3. The van der Waals surface area contributed by atoms with Gasteiger partial charge in [0.15, 0.2) is 0 Å². The average molecular weight is 254 g/mol. The molecule has 1 heterocycles. The molecule has 3 rings (SSSR count). The maximum absolute atomic E-state index is 11.6. The molecule has 0 unspecified atom stereocenters. The van der Waals surface area contributed by atoms with E-state index in [1.165, 1.54) is 0 Å². The lowest BCUT2D eigenvalue weighted by atomic mass is 9.84. The van der Waals surface area contributed by atoms with Crippen LogP contribution in [0.15, 0.2) is 18.2 Å². The molecule has 19 heavy (non-hydrogen) atoms. The molecule has 0 amide bonds. The second-order valence-corrected chi connectivity index (χ2v) is 5.57. The number of nitrogens with zero attached hydrogens (tertiary/aromatic N) is 1. The Labute approximate surface area is 112 Å². The van der Waals surface area contributed by atoms with Gasteiger partial charge in [-0.1, -0.05) is 18.6 Å². The first-order chi connectivity index (χ1) is 9.06. The first kappa shape index (κ1) is 12.2. The van der Waals surface area contributed by atoms with E-state index in [-0.39, 0.29) is 0 Å². The fourth-order valence-corrected chi connectivity index (χ4v) is 2.96. The number of fused-ring (bicyclic) bond motifs is 2. The molecule has 98 valence electrons. The van der Waals surface area contributed by atoms with E-state index in [1.807, 2.05) is 25.1 Å². The van der Waals surface area contributed by atoms with Crippen molar-refractivity contribution in [1.82, 2.24) is 4.98 Å². The van der Waals surface area contributed by atoms with Gasteiger partial charge >= 0.3 is 0 Å². The topological polar surface area (TPSA) is 53.0 Å². The first-order valence-electron chi connectivity index (χ1n) is 6.69. The number of carboxylic acids is 1. The number of rotatable bonds is 1. The Kier molecular flexibility index (Phi) is 2.77. The Balaban J connectivity index is 2.37. The number of aromatic carboxylic acids is 1. The zero-order valence-electron chi connectivity index (χ0n) is 11.2. The molecule has 1 aromatic carbocycles. The first-order valence-corrected chi connectivity index (χ1v) is 6.69. The van der Waals surface area contributed by atoms with Crippen LogP contribution in [-0.2, 0) is 12.8 Å². The quantitative estimate of drug-likeness (QED) is 0.782. The lowest BCUT2D eigenvalue weighted by Crippen LogP contribution is -2.27. The van der Waals surface area contributed by atoms with Gasteiger partial charge in [-0.2, -0.15) is 0 Å². The Hall–Kier alpha value is -1.90. The van der Waals surface area contributed by atoms with Crippen LogP contribution in [-0.4, -0.2) is 11.0 Å². The van der Waals surface area contributed by atoms with Crippen molar-refractivity contribution >= 4 is 16.9 Å². The molecule has 3 nitrogen and oxygen atoms in total. The zero-order valence-corrected chi connectivity index (χ0v) is 11.2. The molecule has 0 spiro atoms. The Morgan fingerprint density at radius 3 is 2.95 bits per heavy atom. The van der Waals surface area contributed by atoms with Gasteiger partial charge in [-0.3, -0.25) is 4.98 Å². The van der Waals surface area contributed by atoms with Gasteiger partial charge in [0.05, 0.1) is 11.5 Å². The standard InChI is InChI=1S/C16H17NO2/c1-9-3-5-13-11(7-9)15(16(18)19)12-8-10(2)4-6-14(12)17-13/h3,5,7,10H,4,6,8H2,1-2H3,(H,18,19)/p-1/t10-/m1/s1. The van der Waals surface area contributed by atoms with Crippen molar-refractivity contribution in [2.24, 2.45) is 5.92 Å². The molecule has 1 aromatic heterocycles. The predicted molar refractivity (Wildman–Crippen MR) is 72.0 cm³/mol. The number of aromatic nitrogens is 1. The third kappa shape index (κ3) is 1.99. The Morgan fingerprint density at radius 2 is 2.21 bits per heavy atom. The fourth-order valence-electron chi connectivity index (χ4n) is 2.96. The number of carbonyl (C=O) groups excluding carboxylic acids is 1. The maximum atomic E-state index is 11.6. The van der Waals surface area contributed by atoms with E-state index < -0.39 is 5.97 Å². The van der Waals surface area contributed by atoms with Gasteiger partial charge in [-0.25, -0.2) is 0 Å². The summed E-state index contributed by atoms with van der Waals surface area (Å²) < 4.78 is 0. The van der Waals surface area contributed by atoms with Crippen molar-refractivity contribution in [3.05, 3.63) is 40.6 Å². The molecule has 3 heteroatoms. The van der Waals surface area contributed by atoms with Gasteiger partial charge in [0.2, 0.25) is 0 Å². The van der Waals surface area contributed by atoms with Crippen LogP contribution in [0.2, 0.25) is 0 Å². The molecule has 2 aromatic rings. The normalized spacial score (nSPS) is 18.3. The Morgan fingerprint density at radius 1 is 1.42 bits per heavy atom. The van der Waals surface area contributed by atoms with Crippen LogP contribution in [0, 0.1) is 12.8 Å². The third-order valence-corrected chi connectivity index (χ3v) is 3.96. The summed E-state index contributed by atoms with van der Waals surface area (Å²) in [7, 11) is 0. The molecular formula is C16H16NO2-. The van der Waals surface area contributed by atoms with Gasteiger partial charge in [-0.15, -0.1) is 0 Å². The molecular weight excluding hydrogens is 238 g/mol. The summed E-state index contributed by atoms with van der Waals surface area (Å²) in [6.07, 6.45) is 2.72. The van der Waals surface area contributed by atoms with E-state index in [1.54, 1.807) is 0 Å². The van der Waals surface area contributed by atoms with Gasteiger partial charge in [-0.05, 0) is 49.8 Å². The largest absolute Gasteiger partial charge is 0.545 e. The van der Waals surface area contributed by atoms with Crippen LogP contribution in [0.4, 0.5) is 0 Å². The van der Waals surface area contributed by atoms with Crippen LogP contribution < -0.4 is 5.11 Å². The van der Waals surface area contributed by atoms with Gasteiger partial charge in [0.1, 0.15) is 0 Å². The molecule has 0 bridgehead atoms. The molecule has 0 saturated carbocycles. The Bertz CT molecular complexity index is 676. The summed E-state index contributed by atoms with van der Waals surface area (Å²) in [6.45, 7) is 4.11. The monoisotopic (exact) mass is 254 g/mol. The molecule has 0 N–H and O–H groups in total. The van der Waals surface area contributed by atoms with Crippen molar-refractivity contribution in [3.63, 3.8) is 0 Å². The maximum Gasteiger partial charge on any atom is 0.0725 e. The summed E-state index contributed by atoms with van der Waals surface area (Å²) in [6, 6.07) is 5.76. The zero-order chi connectivity index (χ0) is 13.6. The average Bonchev–Trinajstić information content (AvgIpc) is 2.35. The molecule has 0 fully saturated rings. The minimum atomic E-state index is -1.08. The van der Waals surface area contributed by atoms with Crippen LogP contribution in [0.3, 0.4) is 0 Å².